The van der Waals surface area contributed by atoms with Gasteiger partial charge in [0.1, 0.15) is 5.01 Å². The number of benzene rings is 1. The summed E-state index contributed by atoms with van der Waals surface area (Å²) in [4.78, 5) is 16.5. The first-order chi connectivity index (χ1) is 10.2. The Morgan fingerprint density at radius 3 is 2.86 bits per heavy atom. The molecule has 0 radical (unpaired) electrons. The predicted octanol–water partition coefficient (Wildman–Crippen LogP) is 2.59. The lowest BCUT2D eigenvalue weighted by Crippen LogP contribution is -2.34. The first kappa shape index (κ1) is 14.2. The molecule has 1 heterocycles. The molecule has 5 heteroatoms. The van der Waals surface area contributed by atoms with E-state index in [4.69, 9.17) is 0 Å². The zero-order valence-electron chi connectivity index (χ0n) is 11.7. The fourth-order valence-corrected chi connectivity index (χ4v) is 3.48. The number of nitrogens with zero attached hydrogens (tertiary/aromatic N) is 1. The van der Waals surface area contributed by atoms with E-state index in [1.165, 1.54) is 0 Å². The van der Waals surface area contributed by atoms with Crippen LogP contribution >= 0.6 is 11.3 Å². The van der Waals surface area contributed by atoms with Gasteiger partial charge < -0.3 is 10.4 Å². The van der Waals surface area contributed by atoms with Crippen LogP contribution in [0.4, 0.5) is 0 Å². The van der Waals surface area contributed by atoms with E-state index >= 15 is 0 Å². The second-order valence-electron chi connectivity index (χ2n) is 5.33. The van der Waals surface area contributed by atoms with E-state index < -0.39 is 6.10 Å². The van der Waals surface area contributed by atoms with Gasteiger partial charge in [-0.25, -0.2) is 4.98 Å². The standard InChI is InChI=1S/C16H18N2O2S/c19-14-8-4-7-13(14)15(20)17-9-12-10-21-16(18-12)11-5-2-1-3-6-11/h1-3,5-6,10,13-14,19H,4,7-9H2,(H,17,20). The number of hydrogen-bond acceptors (Lipinski definition) is 4. The van der Waals surface area contributed by atoms with Crippen molar-refractivity contribution >= 4 is 17.2 Å². The number of aliphatic hydroxyl groups excluding tert-OH is 1. The molecule has 1 amide bonds. The normalized spacial score (nSPS) is 21.4. The van der Waals surface area contributed by atoms with Gasteiger partial charge >= 0.3 is 0 Å². The molecular weight excluding hydrogens is 284 g/mol. The molecule has 1 aromatic carbocycles. The monoisotopic (exact) mass is 302 g/mol. The summed E-state index contributed by atoms with van der Waals surface area (Å²) < 4.78 is 0. The molecule has 110 valence electrons. The van der Waals surface area contributed by atoms with Crippen molar-refractivity contribution in [2.75, 3.05) is 0 Å². The molecule has 21 heavy (non-hydrogen) atoms. The van der Waals surface area contributed by atoms with Crippen molar-refractivity contribution < 1.29 is 9.90 Å². The summed E-state index contributed by atoms with van der Waals surface area (Å²) in [5, 5.41) is 15.5. The number of amides is 1. The minimum Gasteiger partial charge on any atom is -0.392 e. The predicted molar refractivity (Wildman–Crippen MR) is 82.7 cm³/mol. The van der Waals surface area contributed by atoms with Crippen molar-refractivity contribution in [2.45, 2.75) is 31.9 Å². The van der Waals surface area contributed by atoms with Crippen LogP contribution in [-0.4, -0.2) is 22.1 Å². The van der Waals surface area contributed by atoms with Crippen LogP contribution in [-0.2, 0) is 11.3 Å². The van der Waals surface area contributed by atoms with Crippen molar-refractivity contribution in [3.05, 3.63) is 41.4 Å². The van der Waals surface area contributed by atoms with Crippen LogP contribution in [0.2, 0.25) is 0 Å². The maximum Gasteiger partial charge on any atom is 0.226 e. The van der Waals surface area contributed by atoms with Crippen molar-refractivity contribution in [1.82, 2.24) is 10.3 Å². The smallest absolute Gasteiger partial charge is 0.226 e. The van der Waals surface area contributed by atoms with Gasteiger partial charge in [0.2, 0.25) is 5.91 Å². The summed E-state index contributed by atoms with van der Waals surface area (Å²) >= 11 is 1.58. The first-order valence-electron chi connectivity index (χ1n) is 7.19. The first-order valence-corrected chi connectivity index (χ1v) is 8.07. The summed E-state index contributed by atoms with van der Waals surface area (Å²) in [5.74, 6) is -0.313. The molecule has 1 fully saturated rings. The van der Waals surface area contributed by atoms with E-state index in [2.05, 4.69) is 10.3 Å². The molecule has 1 aliphatic carbocycles. The molecule has 0 saturated heterocycles. The Balaban J connectivity index is 1.59. The van der Waals surface area contributed by atoms with Gasteiger partial charge in [-0.15, -0.1) is 11.3 Å². The van der Waals surface area contributed by atoms with Gasteiger partial charge in [-0.3, -0.25) is 4.79 Å². The molecule has 0 spiro atoms. The number of thiazole rings is 1. The molecule has 2 unspecified atom stereocenters. The zero-order valence-corrected chi connectivity index (χ0v) is 12.5. The Morgan fingerprint density at radius 2 is 2.14 bits per heavy atom. The minimum absolute atomic E-state index is 0.0609. The van der Waals surface area contributed by atoms with Gasteiger partial charge in [0.25, 0.3) is 0 Å². The van der Waals surface area contributed by atoms with Gasteiger partial charge in [-0.2, -0.15) is 0 Å². The maximum absolute atomic E-state index is 12.0. The Morgan fingerprint density at radius 1 is 1.33 bits per heavy atom. The van der Waals surface area contributed by atoms with Crippen LogP contribution in [0, 0.1) is 5.92 Å². The molecule has 3 rings (SSSR count). The van der Waals surface area contributed by atoms with Crippen LogP contribution in [0.25, 0.3) is 10.6 Å². The Hall–Kier alpha value is -1.72. The van der Waals surface area contributed by atoms with Crippen LogP contribution in [0.1, 0.15) is 25.0 Å². The molecule has 2 atom stereocenters. The Labute approximate surface area is 127 Å². The van der Waals surface area contributed by atoms with Crippen LogP contribution in [0.3, 0.4) is 0 Å². The van der Waals surface area contributed by atoms with Crippen LogP contribution < -0.4 is 5.32 Å². The molecule has 0 aliphatic heterocycles. The highest BCUT2D eigenvalue weighted by Gasteiger charge is 2.31. The van der Waals surface area contributed by atoms with Crippen molar-refractivity contribution in [3.8, 4) is 10.6 Å². The summed E-state index contributed by atoms with van der Waals surface area (Å²) in [6, 6.07) is 10.00. The number of aliphatic hydroxyl groups is 1. The third kappa shape index (κ3) is 3.31. The minimum atomic E-state index is -0.486. The van der Waals surface area contributed by atoms with Gasteiger partial charge in [-0.05, 0) is 19.3 Å². The van der Waals surface area contributed by atoms with Crippen molar-refractivity contribution in [1.29, 1.82) is 0 Å². The summed E-state index contributed by atoms with van der Waals surface area (Å²) in [6.45, 7) is 0.422. The third-order valence-electron chi connectivity index (χ3n) is 3.83. The quantitative estimate of drug-likeness (QED) is 0.912. The lowest BCUT2D eigenvalue weighted by atomic mass is 10.1. The SMILES string of the molecule is O=C(NCc1csc(-c2ccccc2)n1)C1CCCC1O. The molecule has 1 aromatic heterocycles. The molecule has 1 saturated carbocycles. The molecular formula is C16H18N2O2S. The Bertz CT molecular complexity index is 612. The third-order valence-corrected chi connectivity index (χ3v) is 4.77. The summed E-state index contributed by atoms with van der Waals surface area (Å²) in [7, 11) is 0. The van der Waals surface area contributed by atoms with Crippen LogP contribution in [0.15, 0.2) is 35.7 Å². The Kier molecular flexibility index (Phi) is 4.31. The number of rotatable bonds is 4. The second-order valence-corrected chi connectivity index (χ2v) is 6.19. The van der Waals surface area contributed by atoms with E-state index in [9.17, 15) is 9.90 Å². The fourth-order valence-electron chi connectivity index (χ4n) is 2.66. The summed E-state index contributed by atoms with van der Waals surface area (Å²) in [6.07, 6.45) is 1.95. The van der Waals surface area contributed by atoms with E-state index in [1.807, 2.05) is 35.7 Å². The number of aromatic nitrogens is 1. The fraction of sp³-hybridized carbons (Fsp3) is 0.375. The molecule has 2 N–H and O–H groups in total. The number of carbonyl (C=O) groups excluding carboxylic acids is 1. The summed E-state index contributed by atoms with van der Waals surface area (Å²) in [5.41, 5.74) is 1.95. The highest BCUT2D eigenvalue weighted by atomic mass is 32.1. The second kappa shape index (κ2) is 6.37. The van der Waals surface area contributed by atoms with Gasteiger partial charge in [0.05, 0.1) is 24.3 Å². The molecule has 2 aromatic rings. The average molecular weight is 302 g/mol. The number of nitrogens with one attached hydrogen (secondary N) is 1. The maximum atomic E-state index is 12.0. The lowest BCUT2D eigenvalue weighted by Gasteiger charge is -2.13. The number of hydrogen-bond donors (Lipinski definition) is 2. The van der Waals surface area contributed by atoms with Crippen molar-refractivity contribution in [3.63, 3.8) is 0 Å². The molecule has 4 nitrogen and oxygen atoms in total. The highest BCUT2D eigenvalue weighted by molar-refractivity contribution is 7.13. The lowest BCUT2D eigenvalue weighted by molar-refractivity contribution is -0.127. The van der Waals surface area contributed by atoms with E-state index in [1.54, 1.807) is 11.3 Å². The molecule has 0 bridgehead atoms. The zero-order chi connectivity index (χ0) is 14.7. The van der Waals surface area contributed by atoms with Crippen molar-refractivity contribution in [2.24, 2.45) is 5.92 Å². The van der Waals surface area contributed by atoms with E-state index in [0.717, 1.165) is 35.5 Å². The van der Waals surface area contributed by atoms with Gasteiger partial charge in [0.15, 0.2) is 0 Å². The highest BCUT2D eigenvalue weighted by Crippen LogP contribution is 2.26. The topological polar surface area (TPSA) is 62.2 Å². The van der Waals surface area contributed by atoms with E-state index in [0.29, 0.717) is 6.54 Å². The van der Waals surface area contributed by atoms with Crippen LogP contribution in [0.5, 0.6) is 0 Å². The largest absolute Gasteiger partial charge is 0.392 e. The average Bonchev–Trinajstić information content (AvgIpc) is 3.15. The van der Waals surface area contributed by atoms with Gasteiger partial charge in [-0.1, -0.05) is 30.3 Å². The van der Waals surface area contributed by atoms with Gasteiger partial charge in [0, 0.05) is 10.9 Å². The van der Waals surface area contributed by atoms with E-state index in [-0.39, 0.29) is 11.8 Å². The molecule has 1 aliphatic rings. The number of carbonyl (C=O) groups is 1.